The monoisotopic (exact) mass is 773 g/mol. The van der Waals surface area contributed by atoms with Gasteiger partial charge >= 0.3 is 0 Å². The van der Waals surface area contributed by atoms with Gasteiger partial charge in [-0.15, -0.1) is 0 Å². The molecule has 5 atom stereocenters. The van der Waals surface area contributed by atoms with E-state index in [0.717, 1.165) is 0 Å². The van der Waals surface area contributed by atoms with Crippen LogP contribution in [0.15, 0.2) is 24.3 Å². The van der Waals surface area contributed by atoms with E-state index in [9.17, 15) is 19.5 Å². The van der Waals surface area contributed by atoms with Crippen molar-refractivity contribution in [1.82, 2.24) is 16.0 Å². The first-order valence-electron chi connectivity index (χ1n) is 16.2. The Labute approximate surface area is 312 Å². The predicted octanol–water partition coefficient (Wildman–Crippen LogP) is 2.04. The SMILES string of the molecule is CCNC(=O)[C@@H](O[C@@H]1C[C@H]([B]C#CCNC(=O)COCCOC(COc2cccc(C(=O)NCCN)c2)SSC(C)(C)C)OC1CO)SSC. The third-order valence-corrected chi connectivity index (χ3v) is 11.6. The van der Waals surface area contributed by atoms with Gasteiger partial charge in [-0.25, -0.2) is 0 Å². The van der Waals surface area contributed by atoms with Crippen molar-refractivity contribution < 1.29 is 43.2 Å². The first-order valence-corrected chi connectivity index (χ1v) is 21.0. The Morgan fingerprint density at radius 2 is 1.98 bits per heavy atom. The zero-order valence-electron chi connectivity index (χ0n) is 29.3. The van der Waals surface area contributed by atoms with Gasteiger partial charge in [0.1, 0.15) is 30.5 Å². The van der Waals surface area contributed by atoms with Crippen LogP contribution < -0.4 is 26.4 Å². The molecule has 6 N–H and O–H groups in total. The first-order chi connectivity index (χ1) is 24.0. The van der Waals surface area contributed by atoms with Crippen molar-refractivity contribution in [3.8, 4) is 17.5 Å². The van der Waals surface area contributed by atoms with Crippen molar-refractivity contribution in [1.29, 1.82) is 0 Å². The van der Waals surface area contributed by atoms with E-state index in [1.807, 2.05) is 13.2 Å². The highest BCUT2D eigenvalue weighted by atomic mass is 33.1. The Morgan fingerprint density at radius 1 is 1.18 bits per heavy atom. The lowest BCUT2D eigenvalue weighted by atomic mass is 9.71. The molecule has 50 heavy (non-hydrogen) atoms. The van der Waals surface area contributed by atoms with Crippen LogP contribution in [0.5, 0.6) is 5.75 Å². The van der Waals surface area contributed by atoms with Crippen LogP contribution in [-0.2, 0) is 28.5 Å². The highest BCUT2D eigenvalue weighted by Crippen LogP contribution is 2.38. The predicted molar refractivity (Wildman–Crippen MR) is 204 cm³/mol. The van der Waals surface area contributed by atoms with E-state index in [-0.39, 0.29) is 73.5 Å². The molecule has 2 rings (SSSR count). The quantitative estimate of drug-likeness (QED) is 0.0359. The summed E-state index contributed by atoms with van der Waals surface area (Å²) in [5.74, 6) is 5.52. The third kappa shape index (κ3) is 18.6. The summed E-state index contributed by atoms with van der Waals surface area (Å²) >= 11 is 0. The molecule has 1 heterocycles. The van der Waals surface area contributed by atoms with E-state index in [1.54, 1.807) is 53.1 Å². The minimum absolute atomic E-state index is 0.00474. The molecule has 1 aliphatic rings. The minimum Gasteiger partial charge on any atom is -0.490 e. The molecule has 0 bridgehead atoms. The number of ether oxygens (including phenoxy) is 5. The number of nitrogens with two attached hydrogens (primary N) is 1. The normalized spacial score (nSPS) is 18.3. The number of hydrogen-bond donors (Lipinski definition) is 5. The van der Waals surface area contributed by atoms with Crippen molar-refractivity contribution in [2.45, 2.75) is 67.9 Å². The number of amides is 3. The largest absolute Gasteiger partial charge is 0.490 e. The van der Waals surface area contributed by atoms with Crippen molar-refractivity contribution >= 4 is 68.2 Å². The second kappa shape index (κ2) is 25.2. The zero-order valence-corrected chi connectivity index (χ0v) is 32.5. The van der Waals surface area contributed by atoms with E-state index < -0.39 is 17.6 Å². The van der Waals surface area contributed by atoms with Crippen LogP contribution in [0.25, 0.3) is 0 Å². The topological polar surface area (TPSA) is 180 Å². The van der Waals surface area contributed by atoms with Gasteiger partial charge < -0.3 is 50.5 Å². The fourth-order valence-electron chi connectivity index (χ4n) is 4.07. The molecule has 279 valence electrons. The molecule has 0 aliphatic carbocycles. The zero-order chi connectivity index (χ0) is 36.8. The van der Waals surface area contributed by atoms with Gasteiger partial charge in [0.05, 0.1) is 32.5 Å². The Bertz CT molecular complexity index is 1240. The standard InChI is InChI=1S/C32H50BN4O9S4/c1-6-35-30(41)31(49-47-5)46-24-18-26(45-25(24)19-38)33-11-8-13-36-27(39)20-42-15-16-43-28(48-50-32(2,3)4)21-44-23-10-7-9-22(17-23)29(40)37-14-12-34/h7,9-10,17,24-26,28,31,38H,6,12-16,18-21,34H2,1-5H3,(H,35,41)(H,36,39)(H,37,40)/t24-,25?,26-,28?,31+/m1/s1. The van der Waals surface area contributed by atoms with E-state index in [4.69, 9.17) is 29.4 Å². The second-order valence-corrected chi connectivity index (χ2v) is 17.3. The van der Waals surface area contributed by atoms with Gasteiger partial charge in [0.25, 0.3) is 19.1 Å². The third-order valence-electron chi connectivity index (χ3n) is 6.28. The Kier molecular flexibility index (Phi) is 22.4. The highest BCUT2D eigenvalue weighted by Gasteiger charge is 2.38. The smallest absolute Gasteiger partial charge is 0.260 e. The van der Waals surface area contributed by atoms with Crippen LogP contribution in [-0.4, -0.2) is 129 Å². The van der Waals surface area contributed by atoms with Gasteiger partial charge in [-0.05, 0) is 37.8 Å². The van der Waals surface area contributed by atoms with Crippen molar-refractivity contribution in [2.24, 2.45) is 5.73 Å². The summed E-state index contributed by atoms with van der Waals surface area (Å²) in [7, 11) is 7.58. The summed E-state index contributed by atoms with van der Waals surface area (Å²) in [5.41, 5.74) is 4.90. The number of carbonyl (C=O) groups excluding carboxylic acids is 3. The molecular formula is C32H50BN4O9S4. The summed E-state index contributed by atoms with van der Waals surface area (Å²) in [6, 6.07) is 6.53. The summed E-state index contributed by atoms with van der Waals surface area (Å²) in [6.45, 7) is 9.80. The Hall–Kier alpha value is -1.79. The van der Waals surface area contributed by atoms with Crippen molar-refractivity contribution in [3.63, 3.8) is 0 Å². The van der Waals surface area contributed by atoms with Gasteiger partial charge in [-0.1, -0.05) is 75.9 Å². The van der Waals surface area contributed by atoms with Gasteiger partial charge in [0.2, 0.25) is 5.91 Å². The Morgan fingerprint density at radius 3 is 2.68 bits per heavy atom. The van der Waals surface area contributed by atoms with E-state index in [2.05, 4.69) is 48.5 Å². The first kappa shape index (κ1) is 44.4. The molecule has 2 unspecified atom stereocenters. The average molecular weight is 774 g/mol. The molecule has 13 nitrogen and oxygen atoms in total. The maximum Gasteiger partial charge on any atom is 0.260 e. The number of carbonyl (C=O) groups is 3. The van der Waals surface area contributed by atoms with Crippen molar-refractivity contribution in [2.75, 3.05) is 65.5 Å². The number of aliphatic hydroxyl groups is 1. The number of benzene rings is 1. The van der Waals surface area contributed by atoms with Gasteiger partial charge in [0, 0.05) is 35.9 Å². The van der Waals surface area contributed by atoms with E-state index >= 15 is 0 Å². The maximum atomic E-state index is 12.3. The van der Waals surface area contributed by atoms with E-state index in [1.165, 1.54) is 21.6 Å². The summed E-state index contributed by atoms with van der Waals surface area (Å²) in [6.07, 6.45) is 1.26. The molecule has 1 aromatic rings. The molecule has 1 radical (unpaired) electrons. The summed E-state index contributed by atoms with van der Waals surface area (Å²) in [5, 5.41) is 17.9. The molecule has 3 amide bonds. The van der Waals surface area contributed by atoms with Gasteiger partial charge in [-0.2, -0.15) is 5.82 Å². The fraction of sp³-hybridized carbons (Fsp3) is 0.656. The lowest BCUT2D eigenvalue weighted by Gasteiger charge is -2.22. The molecule has 0 aromatic heterocycles. The number of nitrogens with one attached hydrogen (secondary N) is 3. The van der Waals surface area contributed by atoms with Gasteiger partial charge in [-0.3, -0.25) is 14.4 Å². The van der Waals surface area contributed by atoms with Crippen LogP contribution in [0.2, 0.25) is 0 Å². The average Bonchev–Trinajstić information content (AvgIpc) is 3.48. The molecule has 1 fully saturated rings. The van der Waals surface area contributed by atoms with Crippen LogP contribution in [0.4, 0.5) is 0 Å². The van der Waals surface area contributed by atoms with E-state index in [0.29, 0.717) is 37.4 Å². The summed E-state index contributed by atoms with van der Waals surface area (Å²) < 4.78 is 29.2. The Balaban J connectivity index is 1.71. The van der Waals surface area contributed by atoms with Crippen LogP contribution in [0.1, 0.15) is 44.5 Å². The number of aliphatic hydroxyl groups excluding tert-OH is 1. The van der Waals surface area contributed by atoms with Crippen LogP contribution in [0, 0.1) is 11.7 Å². The molecule has 1 aromatic carbocycles. The fourth-order valence-corrected chi connectivity index (χ4v) is 7.72. The molecule has 0 saturated carbocycles. The number of likely N-dealkylation sites (N-methyl/N-ethyl adjacent to an activating group) is 1. The van der Waals surface area contributed by atoms with Crippen LogP contribution in [0.3, 0.4) is 0 Å². The second-order valence-electron chi connectivity index (χ2n) is 11.6. The number of hydrogen-bond acceptors (Lipinski definition) is 14. The van der Waals surface area contributed by atoms with Crippen molar-refractivity contribution in [3.05, 3.63) is 29.8 Å². The van der Waals surface area contributed by atoms with Crippen LogP contribution >= 0.6 is 43.2 Å². The molecular weight excluding hydrogens is 723 g/mol. The lowest BCUT2D eigenvalue weighted by Crippen LogP contribution is -2.39. The minimum atomic E-state index is -0.722. The molecule has 0 spiro atoms. The molecule has 1 saturated heterocycles. The summed E-state index contributed by atoms with van der Waals surface area (Å²) in [4.78, 5) is 36.8. The lowest BCUT2D eigenvalue weighted by molar-refractivity contribution is -0.132. The molecule has 18 heteroatoms. The van der Waals surface area contributed by atoms with Gasteiger partial charge in [0.15, 0.2) is 5.44 Å². The molecule has 1 aliphatic heterocycles. The highest BCUT2D eigenvalue weighted by molar-refractivity contribution is 8.77. The maximum absolute atomic E-state index is 12.3. The number of rotatable bonds is 23.